The summed E-state index contributed by atoms with van der Waals surface area (Å²) in [5.74, 6) is 0.725. The lowest BCUT2D eigenvalue weighted by atomic mass is 9.94. The molecular formula is C12H11Cl2NO2S. The van der Waals surface area contributed by atoms with Gasteiger partial charge in [-0.05, 0) is 36.2 Å². The minimum Gasteiger partial charge on any atom is -0.497 e. The molecule has 0 amide bonds. The van der Waals surface area contributed by atoms with E-state index >= 15 is 0 Å². The Morgan fingerprint density at radius 1 is 1.28 bits per heavy atom. The maximum absolute atomic E-state index is 10.6. The van der Waals surface area contributed by atoms with Crippen molar-refractivity contribution in [1.82, 2.24) is 4.37 Å². The average molecular weight is 304 g/mol. The molecule has 0 radical (unpaired) electrons. The highest BCUT2D eigenvalue weighted by atomic mass is 35.5. The van der Waals surface area contributed by atoms with E-state index in [1.807, 2.05) is 0 Å². The van der Waals surface area contributed by atoms with Crippen molar-refractivity contribution in [2.24, 2.45) is 0 Å². The maximum Gasteiger partial charge on any atom is 0.161 e. The first kappa shape index (κ1) is 13.6. The van der Waals surface area contributed by atoms with Crippen molar-refractivity contribution in [2.45, 2.75) is 12.5 Å². The van der Waals surface area contributed by atoms with E-state index in [1.54, 1.807) is 38.3 Å². The van der Waals surface area contributed by atoms with Gasteiger partial charge in [-0.15, -0.1) is 0 Å². The summed E-state index contributed by atoms with van der Waals surface area (Å²) in [7, 11) is 1.59. The van der Waals surface area contributed by atoms with E-state index in [-0.39, 0.29) is 5.15 Å². The molecule has 0 spiro atoms. The molecule has 6 heteroatoms. The number of hydrogen-bond donors (Lipinski definition) is 1. The molecule has 96 valence electrons. The highest BCUT2D eigenvalue weighted by Gasteiger charge is 2.31. The lowest BCUT2D eigenvalue weighted by Gasteiger charge is -2.22. The fraction of sp³-hybridized carbons (Fsp3) is 0.250. The summed E-state index contributed by atoms with van der Waals surface area (Å²) in [6.45, 7) is 1.66. The highest BCUT2D eigenvalue weighted by Crippen LogP contribution is 2.40. The molecule has 0 saturated carbocycles. The summed E-state index contributed by atoms with van der Waals surface area (Å²) in [6.07, 6.45) is 0. The van der Waals surface area contributed by atoms with Gasteiger partial charge in [-0.3, -0.25) is 0 Å². The van der Waals surface area contributed by atoms with Crippen molar-refractivity contribution in [3.8, 4) is 5.75 Å². The Kier molecular flexibility index (Phi) is 3.82. The van der Waals surface area contributed by atoms with Crippen LogP contribution in [-0.2, 0) is 5.60 Å². The molecule has 1 unspecified atom stereocenters. The molecule has 3 nitrogen and oxygen atoms in total. The minimum absolute atomic E-state index is 0.213. The summed E-state index contributed by atoms with van der Waals surface area (Å²) >= 11 is 12.9. The summed E-state index contributed by atoms with van der Waals surface area (Å²) in [4.78, 5) is 0.527. The summed E-state index contributed by atoms with van der Waals surface area (Å²) in [5, 5.41) is 11.1. The average Bonchev–Trinajstić information content (AvgIpc) is 2.70. The van der Waals surface area contributed by atoms with Crippen LogP contribution >= 0.6 is 34.7 Å². The number of benzene rings is 1. The standard InChI is InChI=1S/C12H11Cl2NO2S/c1-12(16,10-9(13)11(14)15-18-10)7-3-5-8(17-2)6-4-7/h3-6,16H,1-2H3. The Balaban J connectivity index is 2.43. The third kappa shape index (κ3) is 2.34. The highest BCUT2D eigenvalue weighted by molar-refractivity contribution is 7.07. The Morgan fingerprint density at radius 3 is 2.33 bits per heavy atom. The van der Waals surface area contributed by atoms with Gasteiger partial charge in [0.15, 0.2) is 5.15 Å². The summed E-state index contributed by atoms with van der Waals surface area (Å²) in [5.41, 5.74) is -0.528. The van der Waals surface area contributed by atoms with Gasteiger partial charge in [0, 0.05) is 0 Å². The Morgan fingerprint density at radius 2 is 1.89 bits per heavy atom. The summed E-state index contributed by atoms with van der Waals surface area (Å²) < 4.78 is 9.01. The minimum atomic E-state index is -1.23. The molecule has 2 rings (SSSR count). The van der Waals surface area contributed by atoms with Crippen molar-refractivity contribution in [3.63, 3.8) is 0 Å². The van der Waals surface area contributed by atoms with E-state index in [2.05, 4.69) is 4.37 Å². The van der Waals surface area contributed by atoms with Crippen LogP contribution in [0, 0.1) is 0 Å². The maximum atomic E-state index is 10.6. The van der Waals surface area contributed by atoms with Crippen LogP contribution in [0.5, 0.6) is 5.75 Å². The lowest BCUT2D eigenvalue weighted by Crippen LogP contribution is -2.21. The summed E-state index contributed by atoms with van der Waals surface area (Å²) in [6, 6.07) is 7.12. The fourth-order valence-corrected chi connectivity index (χ4v) is 2.98. The van der Waals surface area contributed by atoms with Crippen LogP contribution in [0.15, 0.2) is 24.3 Å². The second-order valence-corrected chi connectivity index (χ2v) is 5.43. The normalized spacial score (nSPS) is 14.3. The fourth-order valence-electron chi connectivity index (χ4n) is 1.61. The van der Waals surface area contributed by atoms with Gasteiger partial charge in [0.1, 0.15) is 11.4 Å². The molecule has 1 atom stereocenters. The predicted octanol–water partition coefficient (Wildman–Crippen LogP) is 3.71. The van der Waals surface area contributed by atoms with Crippen molar-refractivity contribution >= 4 is 34.7 Å². The molecule has 1 N–H and O–H groups in total. The van der Waals surface area contributed by atoms with Crippen LogP contribution in [0.3, 0.4) is 0 Å². The van der Waals surface area contributed by atoms with Crippen LogP contribution in [-0.4, -0.2) is 16.6 Å². The first-order chi connectivity index (χ1) is 8.46. The third-order valence-corrected chi connectivity index (χ3v) is 4.70. The zero-order chi connectivity index (χ0) is 13.3. The first-order valence-corrected chi connectivity index (χ1v) is 6.67. The van der Waals surface area contributed by atoms with Crippen molar-refractivity contribution in [2.75, 3.05) is 7.11 Å². The molecule has 0 bridgehead atoms. The SMILES string of the molecule is COc1ccc(C(C)(O)c2snc(Cl)c2Cl)cc1. The molecule has 0 aliphatic rings. The van der Waals surface area contributed by atoms with E-state index in [9.17, 15) is 5.11 Å². The Bertz CT molecular complexity index is 552. The van der Waals surface area contributed by atoms with Gasteiger partial charge in [0.2, 0.25) is 0 Å². The first-order valence-electron chi connectivity index (χ1n) is 5.15. The number of rotatable bonds is 3. The molecule has 1 aromatic carbocycles. The van der Waals surface area contributed by atoms with Gasteiger partial charge < -0.3 is 9.84 Å². The number of halogens is 2. The van der Waals surface area contributed by atoms with Gasteiger partial charge in [0.05, 0.1) is 17.0 Å². The number of aromatic nitrogens is 1. The molecular weight excluding hydrogens is 293 g/mol. The number of aliphatic hydroxyl groups is 1. The molecule has 0 aliphatic carbocycles. The molecule has 0 aliphatic heterocycles. The third-order valence-electron chi connectivity index (χ3n) is 2.69. The van der Waals surface area contributed by atoms with Crippen LogP contribution in [0.25, 0.3) is 0 Å². The zero-order valence-electron chi connectivity index (χ0n) is 9.78. The molecule has 1 heterocycles. The van der Waals surface area contributed by atoms with Crippen molar-refractivity contribution < 1.29 is 9.84 Å². The second kappa shape index (κ2) is 5.05. The van der Waals surface area contributed by atoms with E-state index in [0.717, 1.165) is 17.3 Å². The van der Waals surface area contributed by atoms with Crippen molar-refractivity contribution in [3.05, 3.63) is 44.9 Å². The van der Waals surface area contributed by atoms with E-state index in [1.165, 1.54) is 0 Å². The van der Waals surface area contributed by atoms with Crippen molar-refractivity contribution in [1.29, 1.82) is 0 Å². The van der Waals surface area contributed by atoms with E-state index in [4.69, 9.17) is 27.9 Å². The molecule has 0 fully saturated rings. The molecule has 1 aromatic heterocycles. The zero-order valence-corrected chi connectivity index (χ0v) is 12.1. The number of nitrogens with zero attached hydrogens (tertiary/aromatic N) is 1. The lowest BCUT2D eigenvalue weighted by molar-refractivity contribution is 0.106. The predicted molar refractivity (Wildman–Crippen MR) is 73.8 cm³/mol. The largest absolute Gasteiger partial charge is 0.497 e. The van der Waals surface area contributed by atoms with Gasteiger partial charge in [-0.1, -0.05) is 35.3 Å². The Labute approximate surface area is 119 Å². The van der Waals surface area contributed by atoms with Crippen LogP contribution in [0.4, 0.5) is 0 Å². The van der Waals surface area contributed by atoms with Gasteiger partial charge >= 0.3 is 0 Å². The van der Waals surface area contributed by atoms with Gasteiger partial charge in [-0.25, -0.2) is 0 Å². The van der Waals surface area contributed by atoms with E-state index in [0.29, 0.717) is 15.5 Å². The molecule has 18 heavy (non-hydrogen) atoms. The monoisotopic (exact) mass is 303 g/mol. The smallest absolute Gasteiger partial charge is 0.161 e. The number of hydrogen-bond acceptors (Lipinski definition) is 4. The number of methoxy groups -OCH3 is 1. The van der Waals surface area contributed by atoms with Crippen LogP contribution < -0.4 is 4.74 Å². The number of ether oxygens (including phenoxy) is 1. The molecule has 2 aromatic rings. The topological polar surface area (TPSA) is 42.4 Å². The Hall–Kier alpha value is -0.810. The quantitative estimate of drug-likeness (QED) is 0.940. The van der Waals surface area contributed by atoms with Crippen LogP contribution in [0.1, 0.15) is 17.4 Å². The molecule has 0 saturated heterocycles. The van der Waals surface area contributed by atoms with E-state index < -0.39 is 5.60 Å². The second-order valence-electron chi connectivity index (χ2n) is 3.92. The van der Waals surface area contributed by atoms with Gasteiger partial charge in [0.25, 0.3) is 0 Å². The van der Waals surface area contributed by atoms with Crippen LogP contribution in [0.2, 0.25) is 10.2 Å². The van der Waals surface area contributed by atoms with Gasteiger partial charge in [-0.2, -0.15) is 4.37 Å².